The highest BCUT2D eigenvalue weighted by atomic mass is 32.2. The summed E-state index contributed by atoms with van der Waals surface area (Å²) < 4.78 is 31.5. The van der Waals surface area contributed by atoms with Gasteiger partial charge in [-0.15, -0.1) is 0 Å². The maximum atomic E-state index is 13.1. The summed E-state index contributed by atoms with van der Waals surface area (Å²) in [6.07, 6.45) is 2.15. The van der Waals surface area contributed by atoms with Crippen LogP contribution in [-0.4, -0.2) is 46.1 Å². The fourth-order valence-electron chi connectivity index (χ4n) is 4.27. The lowest BCUT2D eigenvalue weighted by Crippen LogP contribution is -2.25. The van der Waals surface area contributed by atoms with Crippen molar-refractivity contribution in [2.75, 3.05) is 32.1 Å². The minimum atomic E-state index is -3.57. The van der Waals surface area contributed by atoms with Gasteiger partial charge in [-0.2, -0.15) is 0 Å². The molecule has 0 aromatic heterocycles. The molecule has 0 bridgehead atoms. The highest BCUT2D eigenvalue weighted by molar-refractivity contribution is 7.91. The van der Waals surface area contributed by atoms with Crippen molar-refractivity contribution < 1.29 is 13.2 Å². The maximum Gasteiger partial charge on any atom is 0.206 e. The standard InChI is InChI=1S/C21H26N2O3S/c1-3-23-11-9-18-19-14-17(7-8-20(19)22-21(18)10-12-23)27(24,25)16-6-4-5-15(13-16)26-2/h4-8,13-14,18,21-22H,3,9-12H2,1-2H3/t18-,21-/m1/s1. The van der Waals surface area contributed by atoms with E-state index in [0.29, 0.717) is 22.6 Å². The van der Waals surface area contributed by atoms with E-state index in [-0.39, 0.29) is 4.90 Å². The Labute approximate surface area is 161 Å². The number of nitrogens with zero attached hydrogens (tertiary/aromatic N) is 1. The molecule has 1 N–H and O–H groups in total. The van der Waals surface area contributed by atoms with Crippen molar-refractivity contribution >= 4 is 15.5 Å². The average molecular weight is 387 g/mol. The number of rotatable bonds is 4. The summed E-state index contributed by atoms with van der Waals surface area (Å²) in [5.74, 6) is 0.916. The Bertz CT molecular complexity index is 942. The third-order valence-electron chi connectivity index (χ3n) is 5.87. The summed E-state index contributed by atoms with van der Waals surface area (Å²) >= 11 is 0. The lowest BCUT2D eigenvalue weighted by atomic mass is 9.91. The number of anilines is 1. The lowest BCUT2D eigenvalue weighted by molar-refractivity contribution is 0.298. The molecule has 1 saturated heterocycles. The minimum Gasteiger partial charge on any atom is -0.497 e. The molecule has 4 rings (SSSR count). The quantitative estimate of drug-likeness (QED) is 0.871. The molecule has 0 saturated carbocycles. The Kier molecular flexibility index (Phi) is 4.86. The van der Waals surface area contributed by atoms with Gasteiger partial charge in [0.1, 0.15) is 5.75 Å². The highest BCUT2D eigenvalue weighted by Crippen LogP contribution is 2.42. The molecule has 0 spiro atoms. The second-order valence-electron chi connectivity index (χ2n) is 7.30. The Morgan fingerprint density at radius 1 is 1.11 bits per heavy atom. The number of nitrogens with one attached hydrogen (secondary N) is 1. The van der Waals surface area contributed by atoms with E-state index in [1.807, 2.05) is 12.1 Å². The second kappa shape index (κ2) is 7.17. The van der Waals surface area contributed by atoms with Crippen LogP contribution in [0, 0.1) is 0 Å². The summed E-state index contributed by atoms with van der Waals surface area (Å²) in [6.45, 7) is 5.41. The van der Waals surface area contributed by atoms with Gasteiger partial charge in [0.25, 0.3) is 0 Å². The first-order valence-electron chi connectivity index (χ1n) is 9.55. The van der Waals surface area contributed by atoms with Gasteiger partial charge in [-0.1, -0.05) is 13.0 Å². The first-order chi connectivity index (χ1) is 13.0. The zero-order valence-corrected chi connectivity index (χ0v) is 16.6. The summed E-state index contributed by atoms with van der Waals surface area (Å²) in [4.78, 5) is 3.09. The molecule has 144 valence electrons. The molecular weight excluding hydrogens is 360 g/mol. The molecule has 6 heteroatoms. The largest absolute Gasteiger partial charge is 0.497 e. The van der Waals surface area contributed by atoms with Gasteiger partial charge in [0.05, 0.1) is 16.9 Å². The van der Waals surface area contributed by atoms with Crippen LogP contribution in [0.5, 0.6) is 5.75 Å². The lowest BCUT2D eigenvalue weighted by Gasteiger charge is -2.17. The molecule has 1 fully saturated rings. The molecule has 0 amide bonds. The number of hydrogen-bond acceptors (Lipinski definition) is 5. The monoisotopic (exact) mass is 386 g/mol. The number of fused-ring (bicyclic) bond motifs is 3. The van der Waals surface area contributed by atoms with E-state index in [1.54, 1.807) is 37.4 Å². The topological polar surface area (TPSA) is 58.6 Å². The normalized spacial score (nSPS) is 22.4. The van der Waals surface area contributed by atoms with Crippen molar-refractivity contribution in [3.8, 4) is 5.75 Å². The summed E-state index contributed by atoms with van der Waals surface area (Å²) in [5.41, 5.74) is 2.22. The molecule has 2 heterocycles. The smallest absolute Gasteiger partial charge is 0.206 e. The Morgan fingerprint density at radius 3 is 2.67 bits per heavy atom. The van der Waals surface area contributed by atoms with Crippen molar-refractivity contribution in [1.82, 2.24) is 4.90 Å². The van der Waals surface area contributed by atoms with E-state index in [2.05, 4.69) is 17.1 Å². The predicted octanol–water partition coefficient (Wildman–Crippen LogP) is 3.52. The molecule has 0 radical (unpaired) electrons. The van der Waals surface area contributed by atoms with Gasteiger partial charge in [0.15, 0.2) is 0 Å². The molecule has 2 aromatic rings. The molecule has 5 nitrogen and oxygen atoms in total. The molecular formula is C21H26N2O3S. The van der Waals surface area contributed by atoms with Crippen molar-refractivity contribution in [2.24, 2.45) is 0 Å². The van der Waals surface area contributed by atoms with Crippen LogP contribution >= 0.6 is 0 Å². The number of benzene rings is 2. The molecule has 0 unspecified atom stereocenters. The maximum absolute atomic E-state index is 13.1. The number of sulfone groups is 1. The van der Waals surface area contributed by atoms with Gasteiger partial charge in [-0.25, -0.2) is 8.42 Å². The van der Waals surface area contributed by atoms with Crippen LogP contribution in [-0.2, 0) is 9.84 Å². The average Bonchev–Trinajstić information content (AvgIpc) is 2.91. The SMILES string of the molecule is CCN1CC[C@@H]2c3cc(S(=O)(=O)c4cccc(OC)c4)ccc3N[C@@H]2CC1. The van der Waals surface area contributed by atoms with Crippen molar-refractivity contribution in [3.05, 3.63) is 48.0 Å². The predicted molar refractivity (Wildman–Crippen MR) is 106 cm³/mol. The number of likely N-dealkylation sites (tertiary alicyclic amines) is 1. The zero-order chi connectivity index (χ0) is 19.0. The number of ether oxygens (including phenoxy) is 1. The fraction of sp³-hybridized carbons (Fsp3) is 0.429. The van der Waals surface area contributed by atoms with Crippen LogP contribution in [0.1, 0.15) is 31.2 Å². The minimum absolute atomic E-state index is 0.266. The highest BCUT2D eigenvalue weighted by Gasteiger charge is 2.35. The Morgan fingerprint density at radius 2 is 1.89 bits per heavy atom. The van der Waals surface area contributed by atoms with E-state index in [4.69, 9.17) is 4.74 Å². The van der Waals surface area contributed by atoms with Crippen LogP contribution in [0.25, 0.3) is 0 Å². The molecule has 2 atom stereocenters. The van der Waals surface area contributed by atoms with E-state index in [9.17, 15) is 8.42 Å². The number of methoxy groups -OCH3 is 1. The van der Waals surface area contributed by atoms with Gasteiger partial charge in [-0.05, 0) is 67.9 Å². The zero-order valence-electron chi connectivity index (χ0n) is 15.8. The van der Waals surface area contributed by atoms with Crippen LogP contribution < -0.4 is 10.1 Å². The summed E-state index contributed by atoms with van der Waals surface area (Å²) in [7, 11) is -2.03. The van der Waals surface area contributed by atoms with Crippen molar-refractivity contribution in [2.45, 2.75) is 41.5 Å². The number of hydrogen-bond donors (Lipinski definition) is 1. The van der Waals surface area contributed by atoms with Gasteiger partial charge in [0.2, 0.25) is 9.84 Å². The Balaban J connectivity index is 1.68. The van der Waals surface area contributed by atoms with Crippen LogP contribution in [0.2, 0.25) is 0 Å². The van der Waals surface area contributed by atoms with E-state index in [1.165, 1.54) is 0 Å². The summed E-state index contributed by atoms with van der Waals surface area (Å²) in [6, 6.07) is 12.6. The fourth-order valence-corrected chi connectivity index (χ4v) is 5.60. The van der Waals surface area contributed by atoms with Gasteiger partial charge < -0.3 is 15.0 Å². The first-order valence-corrected chi connectivity index (χ1v) is 11.0. The second-order valence-corrected chi connectivity index (χ2v) is 9.25. The van der Waals surface area contributed by atoms with Crippen LogP contribution in [0.4, 0.5) is 5.69 Å². The third-order valence-corrected chi connectivity index (χ3v) is 7.62. The van der Waals surface area contributed by atoms with Gasteiger partial charge in [0, 0.05) is 24.2 Å². The van der Waals surface area contributed by atoms with E-state index < -0.39 is 9.84 Å². The van der Waals surface area contributed by atoms with E-state index in [0.717, 1.165) is 43.7 Å². The molecule has 0 aliphatic carbocycles. The molecule has 2 aliphatic rings. The van der Waals surface area contributed by atoms with Gasteiger partial charge in [-0.3, -0.25) is 0 Å². The Hall–Kier alpha value is -2.05. The van der Waals surface area contributed by atoms with Crippen molar-refractivity contribution in [3.63, 3.8) is 0 Å². The molecule has 27 heavy (non-hydrogen) atoms. The third kappa shape index (κ3) is 3.32. The molecule has 2 aliphatic heterocycles. The van der Waals surface area contributed by atoms with Crippen LogP contribution in [0.3, 0.4) is 0 Å². The van der Waals surface area contributed by atoms with Crippen molar-refractivity contribution in [1.29, 1.82) is 0 Å². The van der Waals surface area contributed by atoms with Crippen LogP contribution in [0.15, 0.2) is 52.3 Å². The molecule has 2 aromatic carbocycles. The first kappa shape index (κ1) is 18.3. The van der Waals surface area contributed by atoms with E-state index >= 15 is 0 Å². The van der Waals surface area contributed by atoms with Gasteiger partial charge >= 0.3 is 0 Å². The summed E-state index contributed by atoms with van der Waals surface area (Å²) in [5, 5.41) is 3.62.